The van der Waals surface area contributed by atoms with E-state index in [4.69, 9.17) is 11.6 Å². The first-order valence-corrected chi connectivity index (χ1v) is 9.61. The Labute approximate surface area is 156 Å². The van der Waals surface area contributed by atoms with Gasteiger partial charge in [0.1, 0.15) is 0 Å². The molecule has 0 spiro atoms. The highest BCUT2D eigenvalue weighted by Crippen LogP contribution is 2.30. The smallest absolute Gasteiger partial charge is 0.0406 e. The van der Waals surface area contributed by atoms with Crippen molar-refractivity contribution in [2.24, 2.45) is 11.8 Å². The summed E-state index contributed by atoms with van der Waals surface area (Å²) in [6.07, 6.45) is 10.8. The first kappa shape index (κ1) is 17.8. The second kappa shape index (κ2) is 8.93. The van der Waals surface area contributed by atoms with E-state index in [0.717, 1.165) is 16.5 Å². The Balaban J connectivity index is 1.58. The van der Waals surface area contributed by atoms with E-state index in [1.54, 1.807) is 0 Å². The molecule has 0 saturated heterocycles. The normalized spacial score (nSPS) is 20.2. The van der Waals surface area contributed by atoms with Gasteiger partial charge in [0.15, 0.2) is 0 Å². The van der Waals surface area contributed by atoms with Crippen molar-refractivity contribution < 1.29 is 0 Å². The number of rotatable bonds is 3. The van der Waals surface area contributed by atoms with Gasteiger partial charge in [-0.1, -0.05) is 59.9 Å². The highest BCUT2D eigenvalue weighted by Gasteiger charge is 2.18. The average Bonchev–Trinajstić information content (AvgIpc) is 2.67. The number of hydrogen-bond acceptors (Lipinski definition) is 0. The molecule has 1 fully saturated rings. The lowest BCUT2D eigenvalue weighted by atomic mass is 9.81. The molecule has 3 rings (SSSR count). The fourth-order valence-corrected chi connectivity index (χ4v) is 3.57. The summed E-state index contributed by atoms with van der Waals surface area (Å²) in [6.45, 7) is 2.11. The lowest BCUT2D eigenvalue weighted by Gasteiger charge is -2.24. The summed E-state index contributed by atoms with van der Waals surface area (Å²) in [5.41, 5.74) is 3.49. The molecule has 2 aromatic carbocycles. The summed E-state index contributed by atoms with van der Waals surface area (Å²) in [6, 6.07) is 16.5. The Morgan fingerprint density at radius 3 is 2.12 bits per heavy atom. The van der Waals surface area contributed by atoms with Gasteiger partial charge in [-0.05, 0) is 80.3 Å². The Hall–Kier alpha value is -1.97. The maximum Gasteiger partial charge on any atom is 0.0406 e. The molecule has 0 unspecified atom stereocenters. The van der Waals surface area contributed by atoms with E-state index in [2.05, 4.69) is 67.3 Å². The van der Waals surface area contributed by atoms with Crippen molar-refractivity contribution in [2.45, 2.75) is 39.0 Å². The van der Waals surface area contributed by atoms with Gasteiger partial charge in [-0.3, -0.25) is 0 Å². The van der Waals surface area contributed by atoms with Crippen LogP contribution in [0.2, 0.25) is 5.02 Å². The standard InChI is InChI=1S/C24H25Cl/c1-2-3-4-19-5-7-20(8-6-19)9-10-21-11-13-22(14-12-21)23-15-17-24(25)18-16-23/h2-3,11-20H,4-8H2,1H3. The summed E-state index contributed by atoms with van der Waals surface area (Å²) in [4.78, 5) is 0. The van der Waals surface area contributed by atoms with Crippen molar-refractivity contribution in [1.29, 1.82) is 0 Å². The van der Waals surface area contributed by atoms with E-state index >= 15 is 0 Å². The topological polar surface area (TPSA) is 0 Å². The van der Waals surface area contributed by atoms with Gasteiger partial charge in [0.2, 0.25) is 0 Å². The molecular formula is C24H25Cl. The summed E-state index contributed by atoms with van der Waals surface area (Å²) in [5.74, 6) is 8.31. The molecule has 0 heterocycles. The number of halogens is 1. The van der Waals surface area contributed by atoms with Gasteiger partial charge in [-0.2, -0.15) is 0 Å². The molecule has 0 amide bonds. The zero-order valence-electron chi connectivity index (χ0n) is 14.8. The molecule has 1 saturated carbocycles. The summed E-state index contributed by atoms with van der Waals surface area (Å²) >= 11 is 5.95. The minimum absolute atomic E-state index is 0.567. The van der Waals surface area contributed by atoms with Gasteiger partial charge in [0.05, 0.1) is 0 Å². The summed E-state index contributed by atoms with van der Waals surface area (Å²) in [7, 11) is 0. The molecule has 1 aliphatic rings. The molecule has 128 valence electrons. The molecule has 1 heteroatoms. The van der Waals surface area contributed by atoms with Crippen molar-refractivity contribution in [3.8, 4) is 23.0 Å². The van der Waals surface area contributed by atoms with Crippen molar-refractivity contribution in [3.63, 3.8) is 0 Å². The molecular weight excluding hydrogens is 324 g/mol. The Morgan fingerprint density at radius 2 is 1.52 bits per heavy atom. The van der Waals surface area contributed by atoms with Crippen LogP contribution in [0, 0.1) is 23.7 Å². The molecule has 0 nitrogen and oxygen atoms in total. The van der Waals surface area contributed by atoms with E-state index in [0.29, 0.717) is 5.92 Å². The van der Waals surface area contributed by atoms with Crippen molar-refractivity contribution in [3.05, 3.63) is 71.3 Å². The molecule has 2 aromatic rings. The van der Waals surface area contributed by atoms with E-state index < -0.39 is 0 Å². The van der Waals surface area contributed by atoms with Crippen molar-refractivity contribution >= 4 is 11.6 Å². The van der Waals surface area contributed by atoms with Crippen LogP contribution < -0.4 is 0 Å². The molecule has 0 aliphatic heterocycles. The van der Waals surface area contributed by atoms with Crippen LogP contribution in [0.4, 0.5) is 0 Å². The number of allylic oxidation sites excluding steroid dienone is 2. The van der Waals surface area contributed by atoms with Gasteiger partial charge < -0.3 is 0 Å². The van der Waals surface area contributed by atoms with Crippen LogP contribution >= 0.6 is 11.6 Å². The molecule has 25 heavy (non-hydrogen) atoms. The van der Waals surface area contributed by atoms with Crippen LogP contribution in [0.3, 0.4) is 0 Å². The SMILES string of the molecule is CC=CCC1CCC(C#Cc2ccc(-c3ccc(Cl)cc3)cc2)CC1. The Morgan fingerprint density at radius 1 is 0.920 bits per heavy atom. The molecule has 1 aliphatic carbocycles. The van der Waals surface area contributed by atoms with Gasteiger partial charge in [-0.25, -0.2) is 0 Å². The van der Waals surface area contributed by atoms with Crippen LogP contribution in [0.25, 0.3) is 11.1 Å². The Bertz CT molecular complexity index is 748. The van der Waals surface area contributed by atoms with Gasteiger partial charge in [-0.15, -0.1) is 0 Å². The van der Waals surface area contributed by atoms with Crippen LogP contribution in [-0.2, 0) is 0 Å². The first-order chi connectivity index (χ1) is 12.2. The van der Waals surface area contributed by atoms with Crippen molar-refractivity contribution in [1.82, 2.24) is 0 Å². The number of hydrogen-bond donors (Lipinski definition) is 0. The molecule has 0 radical (unpaired) electrons. The lowest BCUT2D eigenvalue weighted by Crippen LogP contribution is -2.12. The predicted octanol–water partition coefficient (Wildman–Crippen LogP) is 7.13. The first-order valence-electron chi connectivity index (χ1n) is 9.23. The highest BCUT2D eigenvalue weighted by atomic mass is 35.5. The lowest BCUT2D eigenvalue weighted by molar-refractivity contribution is 0.319. The zero-order valence-corrected chi connectivity index (χ0v) is 15.6. The number of benzene rings is 2. The predicted molar refractivity (Wildman–Crippen MR) is 109 cm³/mol. The second-order valence-electron chi connectivity index (χ2n) is 6.88. The summed E-state index contributed by atoms with van der Waals surface area (Å²) in [5, 5.41) is 0.770. The third-order valence-corrected chi connectivity index (χ3v) is 5.29. The minimum Gasteiger partial charge on any atom is -0.0945 e. The highest BCUT2D eigenvalue weighted by molar-refractivity contribution is 6.30. The third-order valence-electron chi connectivity index (χ3n) is 5.03. The fraction of sp³-hybridized carbons (Fsp3) is 0.333. The monoisotopic (exact) mass is 348 g/mol. The average molecular weight is 349 g/mol. The Kier molecular flexibility index (Phi) is 6.37. The quantitative estimate of drug-likeness (QED) is 0.408. The fourth-order valence-electron chi connectivity index (χ4n) is 3.44. The molecule has 0 atom stereocenters. The van der Waals surface area contributed by atoms with Gasteiger partial charge in [0, 0.05) is 16.5 Å². The van der Waals surface area contributed by atoms with E-state index in [-0.39, 0.29) is 0 Å². The van der Waals surface area contributed by atoms with E-state index in [1.165, 1.54) is 43.2 Å². The van der Waals surface area contributed by atoms with E-state index in [9.17, 15) is 0 Å². The van der Waals surface area contributed by atoms with Crippen LogP contribution in [-0.4, -0.2) is 0 Å². The molecule has 0 aromatic heterocycles. The zero-order chi connectivity index (χ0) is 17.5. The van der Waals surface area contributed by atoms with Gasteiger partial charge >= 0.3 is 0 Å². The summed E-state index contributed by atoms with van der Waals surface area (Å²) < 4.78 is 0. The third kappa shape index (κ3) is 5.25. The second-order valence-corrected chi connectivity index (χ2v) is 7.31. The van der Waals surface area contributed by atoms with Crippen molar-refractivity contribution in [2.75, 3.05) is 0 Å². The van der Waals surface area contributed by atoms with Crippen LogP contribution in [0.5, 0.6) is 0 Å². The molecule has 0 bridgehead atoms. The van der Waals surface area contributed by atoms with Gasteiger partial charge in [0.25, 0.3) is 0 Å². The largest absolute Gasteiger partial charge is 0.0945 e. The molecule has 0 N–H and O–H groups in total. The maximum absolute atomic E-state index is 5.95. The minimum atomic E-state index is 0.567. The van der Waals surface area contributed by atoms with Crippen LogP contribution in [0.1, 0.15) is 44.6 Å². The van der Waals surface area contributed by atoms with E-state index in [1.807, 2.05) is 12.1 Å². The maximum atomic E-state index is 5.95. The van der Waals surface area contributed by atoms with Crippen LogP contribution in [0.15, 0.2) is 60.7 Å².